The van der Waals surface area contributed by atoms with Gasteiger partial charge in [-0.2, -0.15) is 20.1 Å². The van der Waals surface area contributed by atoms with E-state index >= 15 is 0 Å². The van der Waals surface area contributed by atoms with Crippen molar-refractivity contribution in [3.63, 3.8) is 0 Å². The molecule has 0 atom stereocenters. The molecule has 1 saturated heterocycles. The summed E-state index contributed by atoms with van der Waals surface area (Å²) < 4.78 is 8.03. The molecule has 3 heterocycles. The summed E-state index contributed by atoms with van der Waals surface area (Å²) in [5, 5.41) is 7.19. The van der Waals surface area contributed by atoms with Crippen molar-refractivity contribution in [2.45, 2.75) is 0 Å². The van der Waals surface area contributed by atoms with Crippen molar-refractivity contribution >= 4 is 34.5 Å². The second kappa shape index (κ2) is 5.87. The minimum Gasteiger partial charge on any atom is -0.378 e. The third-order valence-corrected chi connectivity index (χ3v) is 3.44. The van der Waals surface area contributed by atoms with E-state index in [9.17, 15) is 0 Å². The van der Waals surface area contributed by atoms with E-state index in [-0.39, 0.29) is 0 Å². The lowest BCUT2D eigenvalue weighted by Crippen LogP contribution is -2.37. The summed E-state index contributed by atoms with van der Waals surface area (Å²) >= 11 is 2.20. The van der Waals surface area contributed by atoms with Gasteiger partial charge >= 0.3 is 0 Å². The first-order valence-corrected chi connectivity index (χ1v) is 7.31. The van der Waals surface area contributed by atoms with Gasteiger partial charge in [-0.1, -0.05) is 0 Å². The summed E-state index contributed by atoms with van der Waals surface area (Å²) in [6, 6.07) is 0. The first-order valence-electron chi connectivity index (χ1n) is 6.23. The SMILES string of the molecule is CNc1nc(N2CCOCC2)nc(-n2cc(I)cn2)n1. The minimum atomic E-state index is 0.508. The molecule has 0 radical (unpaired) electrons. The van der Waals surface area contributed by atoms with Gasteiger partial charge in [0.05, 0.1) is 23.0 Å². The molecule has 20 heavy (non-hydrogen) atoms. The lowest BCUT2D eigenvalue weighted by molar-refractivity contribution is 0.122. The molecule has 8 nitrogen and oxygen atoms in total. The van der Waals surface area contributed by atoms with Crippen molar-refractivity contribution in [2.24, 2.45) is 0 Å². The fourth-order valence-electron chi connectivity index (χ4n) is 1.88. The van der Waals surface area contributed by atoms with Gasteiger partial charge in [0.1, 0.15) is 0 Å². The summed E-state index contributed by atoms with van der Waals surface area (Å²) in [7, 11) is 1.79. The van der Waals surface area contributed by atoms with E-state index in [1.807, 2.05) is 6.20 Å². The molecule has 2 aromatic heterocycles. The molecular formula is C11H14IN7O. The van der Waals surface area contributed by atoms with Gasteiger partial charge in [-0.05, 0) is 22.6 Å². The number of hydrogen-bond acceptors (Lipinski definition) is 7. The highest BCUT2D eigenvalue weighted by Crippen LogP contribution is 2.15. The summed E-state index contributed by atoms with van der Waals surface area (Å²) in [6.07, 6.45) is 3.64. The fraction of sp³-hybridized carbons (Fsp3) is 0.455. The second-order valence-corrected chi connectivity index (χ2v) is 5.46. The van der Waals surface area contributed by atoms with E-state index in [0.29, 0.717) is 31.1 Å². The predicted octanol–water partition coefficient (Wildman–Crippen LogP) is 0.540. The molecule has 3 rings (SSSR count). The number of halogens is 1. The zero-order valence-corrected chi connectivity index (χ0v) is 13.1. The lowest BCUT2D eigenvalue weighted by Gasteiger charge is -2.26. The highest BCUT2D eigenvalue weighted by atomic mass is 127. The Morgan fingerprint density at radius 1 is 1.20 bits per heavy atom. The lowest BCUT2D eigenvalue weighted by atomic mass is 10.4. The van der Waals surface area contributed by atoms with Crippen molar-refractivity contribution in [3.05, 3.63) is 16.0 Å². The number of aromatic nitrogens is 5. The van der Waals surface area contributed by atoms with Gasteiger partial charge in [0, 0.05) is 26.3 Å². The first-order chi connectivity index (χ1) is 9.76. The van der Waals surface area contributed by atoms with Crippen LogP contribution in [-0.2, 0) is 4.74 Å². The van der Waals surface area contributed by atoms with E-state index in [4.69, 9.17) is 4.74 Å². The molecule has 0 aliphatic carbocycles. The van der Waals surface area contributed by atoms with Crippen molar-refractivity contribution in [1.82, 2.24) is 24.7 Å². The first kappa shape index (κ1) is 13.5. The monoisotopic (exact) mass is 387 g/mol. The zero-order valence-electron chi connectivity index (χ0n) is 11.0. The quantitative estimate of drug-likeness (QED) is 0.770. The Kier molecular flexibility index (Phi) is 3.96. The Morgan fingerprint density at radius 2 is 1.95 bits per heavy atom. The summed E-state index contributed by atoms with van der Waals surface area (Å²) in [4.78, 5) is 15.3. The number of nitrogens with one attached hydrogen (secondary N) is 1. The highest BCUT2D eigenvalue weighted by molar-refractivity contribution is 14.1. The van der Waals surface area contributed by atoms with Gasteiger partial charge in [0.15, 0.2) is 0 Å². The van der Waals surface area contributed by atoms with E-state index in [2.05, 4.69) is 52.9 Å². The molecular weight excluding hydrogens is 373 g/mol. The van der Waals surface area contributed by atoms with Crippen molar-refractivity contribution in [3.8, 4) is 5.95 Å². The molecule has 0 saturated carbocycles. The van der Waals surface area contributed by atoms with Gasteiger partial charge in [0.25, 0.3) is 5.95 Å². The average molecular weight is 387 g/mol. The Labute approximate surface area is 129 Å². The number of morpholine rings is 1. The molecule has 106 valence electrons. The molecule has 2 aromatic rings. The van der Waals surface area contributed by atoms with Crippen LogP contribution in [0.25, 0.3) is 5.95 Å². The molecule has 1 aliphatic rings. The Hall–Kier alpha value is -1.49. The number of anilines is 2. The van der Waals surface area contributed by atoms with Crippen LogP contribution in [-0.4, -0.2) is 58.1 Å². The smallest absolute Gasteiger partial charge is 0.257 e. The topological polar surface area (TPSA) is 81.0 Å². The van der Waals surface area contributed by atoms with Gasteiger partial charge in [-0.15, -0.1) is 0 Å². The van der Waals surface area contributed by atoms with E-state index in [0.717, 1.165) is 16.7 Å². The summed E-state index contributed by atoms with van der Waals surface area (Å²) in [5.41, 5.74) is 0. The predicted molar refractivity (Wildman–Crippen MR) is 82.2 cm³/mol. The standard InChI is InChI=1S/C11H14IN7O/c1-13-9-15-10(18-2-4-20-5-3-18)17-11(16-9)19-7-8(12)6-14-19/h6-7H,2-5H2,1H3,(H,13,15,16,17). The average Bonchev–Trinajstić information content (AvgIpc) is 2.94. The number of ether oxygens (including phenoxy) is 1. The normalized spacial score (nSPS) is 15.4. The van der Waals surface area contributed by atoms with Crippen LogP contribution in [0.5, 0.6) is 0 Å². The molecule has 1 fully saturated rings. The van der Waals surface area contributed by atoms with Crippen LogP contribution in [0, 0.1) is 3.57 Å². The van der Waals surface area contributed by atoms with Crippen molar-refractivity contribution in [2.75, 3.05) is 43.6 Å². The maximum absolute atomic E-state index is 5.35. The van der Waals surface area contributed by atoms with E-state index in [1.165, 1.54) is 0 Å². The maximum Gasteiger partial charge on any atom is 0.257 e. The van der Waals surface area contributed by atoms with Gasteiger partial charge in [-0.25, -0.2) is 4.68 Å². The van der Waals surface area contributed by atoms with E-state index in [1.54, 1.807) is 17.9 Å². The fourth-order valence-corrected chi connectivity index (χ4v) is 2.27. The summed E-state index contributed by atoms with van der Waals surface area (Å²) in [5.74, 6) is 1.68. The maximum atomic E-state index is 5.35. The van der Waals surface area contributed by atoms with Crippen LogP contribution in [0.3, 0.4) is 0 Å². The minimum absolute atomic E-state index is 0.508. The van der Waals surface area contributed by atoms with Crippen LogP contribution in [0.4, 0.5) is 11.9 Å². The molecule has 0 aromatic carbocycles. The third-order valence-electron chi connectivity index (χ3n) is 2.89. The molecule has 0 bridgehead atoms. The number of nitrogens with zero attached hydrogens (tertiary/aromatic N) is 6. The van der Waals surface area contributed by atoms with Crippen LogP contribution in [0.2, 0.25) is 0 Å². The Balaban J connectivity index is 1.97. The van der Waals surface area contributed by atoms with Crippen LogP contribution < -0.4 is 10.2 Å². The van der Waals surface area contributed by atoms with Crippen molar-refractivity contribution in [1.29, 1.82) is 0 Å². The molecule has 1 aliphatic heterocycles. The van der Waals surface area contributed by atoms with Crippen LogP contribution in [0.1, 0.15) is 0 Å². The third kappa shape index (κ3) is 2.82. The second-order valence-electron chi connectivity index (χ2n) is 4.21. The zero-order chi connectivity index (χ0) is 13.9. The number of rotatable bonds is 3. The van der Waals surface area contributed by atoms with Gasteiger partial charge < -0.3 is 15.0 Å². The summed E-state index contributed by atoms with van der Waals surface area (Å²) in [6.45, 7) is 2.94. The molecule has 0 spiro atoms. The molecule has 0 amide bonds. The number of hydrogen-bond donors (Lipinski definition) is 1. The molecule has 1 N–H and O–H groups in total. The van der Waals surface area contributed by atoms with Crippen LogP contribution >= 0.6 is 22.6 Å². The molecule has 9 heteroatoms. The van der Waals surface area contributed by atoms with Crippen LogP contribution in [0.15, 0.2) is 12.4 Å². The van der Waals surface area contributed by atoms with Crippen molar-refractivity contribution < 1.29 is 4.74 Å². The van der Waals surface area contributed by atoms with Gasteiger partial charge in [-0.3, -0.25) is 0 Å². The molecule has 0 unspecified atom stereocenters. The van der Waals surface area contributed by atoms with E-state index < -0.39 is 0 Å². The highest BCUT2D eigenvalue weighted by Gasteiger charge is 2.17. The largest absolute Gasteiger partial charge is 0.378 e. The Morgan fingerprint density at radius 3 is 2.60 bits per heavy atom. The van der Waals surface area contributed by atoms with Gasteiger partial charge in [0.2, 0.25) is 11.9 Å². The Bertz CT molecular complexity index is 596.